The Kier molecular flexibility index (Phi) is 8.53. The van der Waals surface area contributed by atoms with Crippen LogP contribution in [0.5, 0.6) is 0 Å². The smallest absolute Gasteiger partial charge is 0.321 e. The molecule has 1 aromatic carbocycles. The number of hydrogen-bond acceptors (Lipinski definition) is 4. The monoisotopic (exact) mass is 374 g/mol. The lowest BCUT2D eigenvalue weighted by molar-refractivity contribution is -0.121. The molecule has 7 nitrogen and oxygen atoms in total. The standard InChI is InChI=1S/C15H20Cl2N4O3/c1-3-21(8-7-12(22)20-15(24)18-2)9-13(23)19-14-10(16)5-4-6-11(14)17/h4-6H,3,7-9H2,1-2H3,(H,19,23)(H2,18,20,22,24). The van der Waals surface area contributed by atoms with Gasteiger partial charge in [0.25, 0.3) is 0 Å². The summed E-state index contributed by atoms with van der Waals surface area (Å²) in [5.41, 5.74) is 0.360. The number of rotatable bonds is 7. The van der Waals surface area contributed by atoms with Gasteiger partial charge >= 0.3 is 6.03 Å². The predicted octanol–water partition coefficient (Wildman–Crippen LogP) is 2.10. The molecule has 1 aromatic rings. The second kappa shape index (κ2) is 10.1. The first-order chi connectivity index (χ1) is 11.4. The normalized spacial score (nSPS) is 10.4. The first-order valence-electron chi connectivity index (χ1n) is 7.35. The van der Waals surface area contributed by atoms with Gasteiger partial charge < -0.3 is 10.6 Å². The van der Waals surface area contributed by atoms with E-state index in [0.29, 0.717) is 28.8 Å². The Labute approximate surface area is 150 Å². The van der Waals surface area contributed by atoms with E-state index >= 15 is 0 Å². The topological polar surface area (TPSA) is 90.5 Å². The van der Waals surface area contributed by atoms with Crippen LogP contribution in [0.25, 0.3) is 0 Å². The molecule has 0 aliphatic heterocycles. The molecular weight excluding hydrogens is 355 g/mol. The van der Waals surface area contributed by atoms with E-state index in [1.807, 2.05) is 6.92 Å². The molecule has 3 N–H and O–H groups in total. The number of benzene rings is 1. The summed E-state index contributed by atoms with van der Waals surface area (Å²) in [6, 6.07) is 4.38. The zero-order valence-electron chi connectivity index (χ0n) is 13.5. The molecule has 9 heteroatoms. The van der Waals surface area contributed by atoms with E-state index in [2.05, 4.69) is 16.0 Å². The number of urea groups is 1. The molecule has 4 amide bonds. The van der Waals surface area contributed by atoms with Crippen molar-refractivity contribution < 1.29 is 14.4 Å². The molecule has 132 valence electrons. The molecule has 0 aromatic heterocycles. The maximum Gasteiger partial charge on any atom is 0.321 e. The number of para-hydroxylation sites is 1. The number of carbonyl (C=O) groups is 3. The van der Waals surface area contributed by atoms with Crippen LogP contribution in [0.4, 0.5) is 10.5 Å². The van der Waals surface area contributed by atoms with Gasteiger partial charge in [0.2, 0.25) is 11.8 Å². The molecule has 0 saturated carbocycles. The minimum absolute atomic E-state index is 0.0747. The average molecular weight is 375 g/mol. The highest BCUT2D eigenvalue weighted by molar-refractivity contribution is 6.39. The van der Waals surface area contributed by atoms with E-state index in [0.717, 1.165) is 0 Å². The number of nitrogens with zero attached hydrogens (tertiary/aromatic N) is 1. The van der Waals surface area contributed by atoms with Crippen molar-refractivity contribution in [2.75, 3.05) is 32.0 Å². The van der Waals surface area contributed by atoms with Gasteiger partial charge in [-0.25, -0.2) is 4.79 Å². The van der Waals surface area contributed by atoms with Gasteiger partial charge in [0.1, 0.15) is 0 Å². The third-order valence-electron chi connectivity index (χ3n) is 3.18. The molecule has 0 unspecified atom stereocenters. The molecule has 0 saturated heterocycles. The van der Waals surface area contributed by atoms with Crippen LogP contribution in [0.2, 0.25) is 10.0 Å². The lowest BCUT2D eigenvalue weighted by atomic mass is 10.3. The highest BCUT2D eigenvalue weighted by atomic mass is 35.5. The van der Waals surface area contributed by atoms with Gasteiger partial charge in [-0.05, 0) is 18.7 Å². The molecule has 0 fully saturated rings. The second-order valence-corrected chi connectivity index (χ2v) is 5.71. The quantitative estimate of drug-likeness (QED) is 0.681. The first-order valence-corrected chi connectivity index (χ1v) is 8.10. The SMILES string of the molecule is CCN(CCC(=O)NC(=O)NC)CC(=O)Nc1c(Cl)cccc1Cl. The molecule has 0 bridgehead atoms. The summed E-state index contributed by atoms with van der Waals surface area (Å²) >= 11 is 12.0. The zero-order chi connectivity index (χ0) is 18.1. The van der Waals surface area contributed by atoms with Gasteiger partial charge in [-0.15, -0.1) is 0 Å². The third kappa shape index (κ3) is 6.74. The lowest BCUT2D eigenvalue weighted by Gasteiger charge is -2.20. The van der Waals surface area contributed by atoms with Gasteiger partial charge in [-0.1, -0.05) is 36.2 Å². The molecule has 0 aliphatic carbocycles. The minimum atomic E-state index is -0.561. The largest absolute Gasteiger partial charge is 0.341 e. The Balaban J connectivity index is 2.51. The Morgan fingerprint density at radius 1 is 1.12 bits per heavy atom. The van der Waals surface area contributed by atoms with Crippen molar-refractivity contribution in [3.8, 4) is 0 Å². The van der Waals surface area contributed by atoms with Crippen molar-refractivity contribution in [1.29, 1.82) is 0 Å². The van der Waals surface area contributed by atoms with E-state index in [-0.39, 0.29) is 18.9 Å². The number of amides is 4. The number of nitrogens with one attached hydrogen (secondary N) is 3. The minimum Gasteiger partial charge on any atom is -0.341 e. The van der Waals surface area contributed by atoms with Gasteiger partial charge in [0, 0.05) is 20.0 Å². The van der Waals surface area contributed by atoms with Crippen LogP contribution in [0.1, 0.15) is 13.3 Å². The Hall–Kier alpha value is -1.83. The van der Waals surface area contributed by atoms with Gasteiger partial charge in [-0.2, -0.15) is 0 Å². The van der Waals surface area contributed by atoms with Crippen molar-refractivity contribution >= 4 is 46.7 Å². The van der Waals surface area contributed by atoms with Crippen LogP contribution in [-0.2, 0) is 9.59 Å². The predicted molar refractivity (Wildman–Crippen MR) is 94.4 cm³/mol. The Bertz CT molecular complexity index is 590. The summed E-state index contributed by atoms with van der Waals surface area (Å²) < 4.78 is 0. The highest BCUT2D eigenvalue weighted by Gasteiger charge is 2.14. The summed E-state index contributed by atoms with van der Waals surface area (Å²) in [5, 5.41) is 7.82. The number of hydrogen-bond donors (Lipinski definition) is 3. The molecule has 0 spiro atoms. The third-order valence-corrected chi connectivity index (χ3v) is 3.81. The fraction of sp³-hybridized carbons (Fsp3) is 0.400. The van der Waals surface area contributed by atoms with Gasteiger partial charge in [-0.3, -0.25) is 19.8 Å². The zero-order valence-corrected chi connectivity index (χ0v) is 15.0. The molecule has 0 aliphatic rings. The first kappa shape index (κ1) is 20.2. The summed E-state index contributed by atoms with van der Waals surface area (Å²) in [7, 11) is 1.42. The summed E-state index contributed by atoms with van der Waals surface area (Å²) in [6.07, 6.45) is 0.0986. The maximum absolute atomic E-state index is 12.1. The maximum atomic E-state index is 12.1. The van der Waals surface area contributed by atoms with Gasteiger partial charge in [0.15, 0.2) is 0 Å². The van der Waals surface area contributed by atoms with Crippen molar-refractivity contribution in [1.82, 2.24) is 15.5 Å². The van der Waals surface area contributed by atoms with E-state index in [9.17, 15) is 14.4 Å². The van der Waals surface area contributed by atoms with Crippen molar-refractivity contribution in [3.63, 3.8) is 0 Å². The van der Waals surface area contributed by atoms with Crippen molar-refractivity contribution in [2.24, 2.45) is 0 Å². The molecule has 1 rings (SSSR count). The Morgan fingerprint density at radius 3 is 2.29 bits per heavy atom. The second-order valence-electron chi connectivity index (χ2n) is 4.89. The molecule has 0 heterocycles. The van der Waals surface area contributed by atoms with Crippen LogP contribution in [0.3, 0.4) is 0 Å². The molecule has 0 atom stereocenters. The number of anilines is 1. The van der Waals surface area contributed by atoms with Gasteiger partial charge in [0.05, 0.1) is 22.3 Å². The average Bonchev–Trinajstić information content (AvgIpc) is 2.54. The highest BCUT2D eigenvalue weighted by Crippen LogP contribution is 2.29. The Morgan fingerprint density at radius 2 is 1.75 bits per heavy atom. The van der Waals surface area contributed by atoms with Crippen LogP contribution in [-0.4, -0.2) is 49.4 Å². The van der Waals surface area contributed by atoms with Crippen LogP contribution in [0, 0.1) is 0 Å². The lowest BCUT2D eigenvalue weighted by Crippen LogP contribution is -2.40. The molecule has 24 heavy (non-hydrogen) atoms. The van der Waals surface area contributed by atoms with E-state index in [4.69, 9.17) is 23.2 Å². The number of carbonyl (C=O) groups excluding carboxylic acids is 3. The van der Waals surface area contributed by atoms with E-state index in [1.54, 1.807) is 23.1 Å². The van der Waals surface area contributed by atoms with E-state index in [1.165, 1.54) is 7.05 Å². The van der Waals surface area contributed by atoms with E-state index < -0.39 is 11.9 Å². The van der Waals surface area contributed by atoms with Crippen LogP contribution < -0.4 is 16.0 Å². The fourth-order valence-corrected chi connectivity index (χ4v) is 2.35. The number of imide groups is 1. The number of likely N-dealkylation sites (N-methyl/N-ethyl adjacent to an activating group) is 1. The van der Waals surface area contributed by atoms with Crippen molar-refractivity contribution in [2.45, 2.75) is 13.3 Å². The van der Waals surface area contributed by atoms with Crippen LogP contribution in [0.15, 0.2) is 18.2 Å². The molecular formula is C15H20Cl2N4O3. The van der Waals surface area contributed by atoms with Crippen molar-refractivity contribution in [3.05, 3.63) is 28.2 Å². The summed E-state index contributed by atoms with van der Waals surface area (Å²) in [5.74, 6) is -0.707. The fourth-order valence-electron chi connectivity index (χ4n) is 1.86. The number of halogens is 2. The van der Waals surface area contributed by atoms with Crippen LogP contribution >= 0.6 is 23.2 Å². The molecule has 0 radical (unpaired) electrons. The summed E-state index contributed by atoms with van der Waals surface area (Å²) in [4.78, 5) is 36.5. The summed E-state index contributed by atoms with van der Waals surface area (Å²) in [6.45, 7) is 2.84.